The molecular weight excluding hydrogens is 384 g/mol. The van der Waals surface area contributed by atoms with E-state index in [-0.39, 0.29) is 4.75 Å². The summed E-state index contributed by atoms with van der Waals surface area (Å²) in [5.74, 6) is 0. The fourth-order valence-corrected chi connectivity index (χ4v) is 5.19. The van der Waals surface area contributed by atoms with E-state index in [1.54, 1.807) is 0 Å². The average Bonchev–Trinajstić information content (AvgIpc) is 3.20. The molecule has 1 atom stereocenters. The highest BCUT2D eigenvalue weighted by molar-refractivity contribution is 8.00. The number of hydrogen-bond donors (Lipinski definition) is 0. The molecule has 3 rings (SSSR count). The lowest BCUT2D eigenvalue weighted by molar-refractivity contribution is 0.421. The number of hydrogen-bond acceptors (Lipinski definition) is 2. The molecule has 1 unspecified atom stereocenters. The minimum Gasteiger partial charge on any atom is -0.336 e. The van der Waals surface area contributed by atoms with Crippen molar-refractivity contribution in [2.75, 3.05) is 0 Å². The summed E-state index contributed by atoms with van der Waals surface area (Å²) in [5.41, 5.74) is 2.70. The zero-order valence-corrected chi connectivity index (χ0v) is 18.3. The maximum absolute atomic E-state index is 6.08. The van der Waals surface area contributed by atoms with Crippen LogP contribution < -0.4 is 0 Å². The zero-order chi connectivity index (χ0) is 19.8. The van der Waals surface area contributed by atoms with Gasteiger partial charge < -0.3 is 4.57 Å². The largest absolute Gasteiger partial charge is 0.336 e. The van der Waals surface area contributed by atoms with Crippen molar-refractivity contribution in [1.82, 2.24) is 9.55 Å². The van der Waals surface area contributed by atoms with Gasteiger partial charge in [0.1, 0.15) is 0 Å². The number of benzene rings is 2. The van der Waals surface area contributed by atoms with Gasteiger partial charge in [0.25, 0.3) is 0 Å². The summed E-state index contributed by atoms with van der Waals surface area (Å²) in [5, 5.41) is 0.800. The van der Waals surface area contributed by atoms with Crippen LogP contribution in [0.2, 0.25) is 5.02 Å². The standard InChI is InChI=1S/C24H29ClN2S/c1-3-4-14-24(18-27-17-16-26-19-27,28-23-8-6-5-7-20(23)2)15-13-21-9-11-22(25)12-10-21/h5-12,16-17,19H,3-4,13-15,18H2,1-2H3. The number of aromatic nitrogens is 2. The van der Waals surface area contributed by atoms with Crippen molar-refractivity contribution in [2.24, 2.45) is 0 Å². The summed E-state index contributed by atoms with van der Waals surface area (Å²) in [6.07, 6.45) is 11.7. The van der Waals surface area contributed by atoms with Gasteiger partial charge >= 0.3 is 0 Å². The van der Waals surface area contributed by atoms with Crippen LogP contribution in [0, 0.1) is 6.92 Å². The Morgan fingerprint density at radius 2 is 1.86 bits per heavy atom. The highest BCUT2D eigenvalue weighted by Gasteiger charge is 2.31. The van der Waals surface area contributed by atoms with E-state index in [1.807, 2.05) is 36.4 Å². The third-order valence-electron chi connectivity index (χ3n) is 5.22. The lowest BCUT2D eigenvalue weighted by Gasteiger charge is -2.34. The minimum atomic E-state index is 0.127. The zero-order valence-electron chi connectivity index (χ0n) is 16.8. The van der Waals surface area contributed by atoms with Gasteiger partial charge in [-0.3, -0.25) is 0 Å². The molecule has 0 amide bonds. The van der Waals surface area contributed by atoms with Crippen LogP contribution in [0.25, 0.3) is 0 Å². The Hall–Kier alpha value is -1.71. The predicted octanol–water partition coefficient (Wildman–Crippen LogP) is 7.20. The Kier molecular flexibility index (Phi) is 7.64. The van der Waals surface area contributed by atoms with E-state index < -0.39 is 0 Å². The fourth-order valence-electron chi connectivity index (χ4n) is 3.56. The molecule has 2 aromatic carbocycles. The summed E-state index contributed by atoms with van der Waals surface area (Å²) in [4.78, 5) is 5.66. The number of unbranched alkanes of at least 4 members (excludes halogenated alkanes) is 1. The minimum absolute atomic E-state index is 0.127. The van der Waals surface area contributed by atoms with Gasteiger partial charge in [-0.25, -0.2) is 4.98 Å². The average molecular weight is 413 g/mol. The van der Waals surface area contributed by atoms with Crippen molar-refractivity contribution in [1.29, 1.82) is 0 Å². The van der Waals surface area contributed by atoms with Gasteiger partial charge in [-0.1, -0.05) is 61.7 Å². The maximum atomic E-state index is 6.08. The predicted molar refractivity (Wildman–Crippen MR) is 121 cm³/mol. The molecule has 0 fully saturated rings. The number of aryl methyl sites for hydroxylation is 2. The molecule has 148 valence electrons. The first kappa shape index (κ1) is 21.0. The lowest BCUT2D eigenvalue weighted by atomic mass is 9.93. The van der Waals surface area contributed by atoms with E-state index in [2.05, 4.69) is 66.0 Å². The summed E-state index contributed by atoms with van der Waals surface area (Å²) in [6.45, 7) is 5.46. The third-order valence-corrected chi connectivity index (χ3v) is 7.12. The topological polar surface area (TPSA) is 17.8 Å². The number of rotatable bonds is 10. The van der Waals surface area contributed by atoms with E-state index in [0.717, 1.165) is 24.4 Å². The second-order valence-electron chi connectivity index (χ2n) is 7.52. The van der Waals surface area contributed by atoms with Gasteiger partial charge in [-0.2, -0.15) is 0 Å². The lowest BCUT2D eigenvalue weighted by Crippen LogP contribution is -2.31. The number of nitrogens with zero attached hydrogens (tertiary/aromatic N) is 2. The van der Waals surface area contributed by atoms with E-state index in [1.165, 1.54) is 35.3 Å². The highest BCUT2D eigenvalue weighted by Crippen LogP contribution is 2.43. The number of thioether (sulfide) groups is 1. The molecule has 0 radical (unpaired) electrons. The Bertz CT molecular complexity index is 845. The van der Waals surface area contributed by atoms with Gasteiger partial charge in [0.05, 0.1) is 6.33 Å². The van der Waals surface area contributed by atoms with Crippen molar-refractivity contribution < 1.29 is 0 Å². The summed E-state index contributed by atoms with van der Waals surface area (Å²) in [6, 6.07) is 17.0. The summed E-state index contributed by atoms with van der Waals surface area (Å²) in [7, 11) is 0. The van der Waals surface area contributed by atoms with Crippen LogP contribution in [0.3, 0.4) is 0 Å². The van der Waals surface area contributed by atoms with Crippen LogP contribution in [0.15, 0.2) is 72.1 Å². The Morgan fingerprint density at radius 3 is 2.54 bits per heavy atom. The van der Waals surface area contributed by atoms with Crippen molar-refractivity contribution in [3.63, 3.8) is 0 Å². The molecule has 0 spiro atoms. The Balaban J connectivity index is 1.88. The van der Waals surface area contributed by atoms with E-state index in [4.69, 9.17) is 11.6 Å². The molecule has 0 aliphatic carbocycles. The molecular formula is C24H29ClN2S. The van der Waals surface area contributed by atoms with Crippen LogP contribution in [0.1, 0.15) is 43.7 Å². The first-order valence-electron chi connectivity index (χ1n) is 10.0. The van der Waals surface area contributed by atoms with E-state index >= 15 is 0 Å². The SMILES string of the molecule is CCCCC(CCc1ccc(Cl)cc1)(Cn1ccnc1)Sc1ccccc1C. The molecule has 0 saturated heterocycles. The Morgan fingerprint density at radius 1 is 1.07 bits per heavy atom. The van der Waals surface area contributed by atoms with E-state index in [0.29, 0.717) is 0 Å². The molecule has 0 aliphatic heterocycles. The number of halogens is 1. The van der Waals surface area contributed by atoms with Gasteiger partial charge in [0.2, 0.25) is 0 Å². The first-order chi connectivity index (χ1) is 13.6. The molecule has 0 saturated carbocycles. The van der Waals surface area contributed by atoms with Crippen LogP contribution in [-0.4, -0.2) is 14.3 Å². The smallest absolute Gasteiger partial charge is 0.0946 e. The molecule has 28 heavy (non-hydrogen) atoms. The monoisotopic (exact) mass is 412 g/mol. The van der Waals surface area contributed by atoms with Gasteiger partial charge in [-0.05, 0) is 55.5 Å². The molecule has 0 bridgehead atoms. The highest BCUT2D eigenvalue weighted by atomic mass is 35.5. The van der Waals surface area contributed by atoms with Gasteiger partial charge in [0.15, 0.2) is 0 Å². The summed E-state index contributed by atoms with van der Waals surface area (Å²) < 4.78 is 2.37. The van der Waals surface area contributed by atoms with Gasteiger partial charge in [0, 0.05) is 33.6 Å². The second-order valence-corrected chi connectivity index (χ2v) is 9.46. The first-order valence-corrected chi connectivity index (χ1v) is 11.2. The van der Waals surface area contributed by atoms with Crippen LogP contribution in [0.4, 0.5) is 0 Å². The van der Waals surface area contributed by atoms with Gasteiger partial charge in [-0.15, -0.1) is 11.8 Å². The van der Waals surface area contributed by atoms with Crippen molar-refractivity contribution in [3.8, 4) is 0 Å². The van der Waals surface area contributed by atoms with Crippen LogP contribution in [0.5, 0.6) is 0 Å². The fraction of sp³-hybridized carbons (Fsp3) is 0.375. The maximum Gasteiger partial charge on any atom is 0.0946 e. The van der Waals surface area contributed by atoms with Crippen LogP contribution >= 0.6 is 23.4 Å². The third kappa shape index (κ3) is 5.89. The molecule has 1 heterocycles. The normalized spacial score (nSPS) is 13.4. The molecule has 4 heteroatoms. The molecule has 3 aromatic rings. The molecule has 0 N–H and O–H groups in total. The van der Waals surface area contributed by atoms with Crippen molar-refractivity contribution >= 4 is 23.4 Å². The Labute approximate surface area is 178 Å². The van der Waals surface area contributed by atoms with E-state index in [9.17, 15) is 0 Å². The molecule has 0 aliphatic rings. The van der Waals surface area contributed by atoms with Crippen LogP contribution in [-0.2, 0) is 13.0 Å². The van der Waals surface area contributed by atoms with Crippen molar-refractivity contribution in [2.45, 2.75) is 62.1 Å². The van der Waals surface area contributed by atoms with Crippen molar-refractivity contribution in [3.05, 3.63) is 83.4 Å². The second kappa shape index (κ2) is 10.2. The quantitative estimate of drug-likeness (QED) is 0.327. The number of imidazole rings is 1. The molecule has 1 aromatic heterocycles. The molecule has 2 nitrogen and oxygen atoms in total. The summed E-state index contributed by atoms with van der Waals surface area (Å²) >= 11 is 8.12.